The molecule has 3 aromatic rings. The number of nitrogens with one attached hydrogen (secondary N) is 1. The minimum absolute atomic E-state index is 0.109. The van der Waals surface area contributed by atoms with Crippen molar-refractivity contribution in [3.8, 4) is 0 Å². The summed E-state index contributed by atoms with van der Waals surface area (Å²) in [5.74, 6) is -0.354. The van der Waals surface area contributed by atoms with E-state index in [1.807, 2.05) is 67.0 Å². The van der Waals surface area contributed by atoms with Gasteiger partial charge in [0.1, 0.15) is 6.04 Å². The summed E-state index contributed by atoms with van der Waals surface area (Å²) in [6, 6.07) is 20.1. The fourth-order valence-electron chi connectivity index (χ4n) is 3.28. The second kappa shape index (κ2) is 9.73. The number of amides is 2. The van der Waals surface area contributed by atoms with E-state index in [1.165, 1.54) is 0 Å². The summed E-state index contributed by atoms with van der Waals surface area (Å²) in [5, 5.41) is 2.93. The van der Waals surface area contributed by atoms with Gasteiger partial charge in [0.15, 0.2) is 0 Å². The summed E-state index contributed by atoms with van der Waals surface area (Å²) >= 11 is 0. The second-order valence-corrected chi connectivity index (χ2v) is 7.13. The summed E-state index contributed by atoms with van der Waals surface area (Å²) in [4.78, 5) is 27.6. The Morgan fingerprint density at radius 2 is 1.62 bits per heavy atom. The van der Waals surface area contributed by atoms with Crippen LogP contribution >= 0.6 is 0 Å². The molecular formula is C24H27N3O2. The average molecular weight is 389 g/mol. The van der Waals surface area contributed by atoms with Crippen LogP contribution < -0.4 is 5.32 Å². The molecule has 0 aliphatic carbocycles. The van der Waals surface area contributed by atoms with Crippen molar-refractivity contribution in [3.63, 3.8) is 0 Å². The first-order chi connectivity index (χ1) is 14.1. The van der Waals surface area contributed by atoms with Gasteiger partial charge in [-0.15, -0.1) is 0 Å². The summed E-state index contributed by atoms with van der Waals surface area (Å²) in [6.45, 7) is 3.47. The van der Waals surface area contributed by atoms with Crippen LogP contribution in [0.4, 0.5) is 0 Å². The molecule has 5 heteroatoms. The Bertz CT molecular complexity index is 935. The van der Waals surface area contributed by atoms with Crippen LogP contribution in [0.15, 0.2) is 79.1 Å². The van der Waals surface area contributed by atoms with Gasteiger partial charge < -0.3 is 14.8 Å². The third-order valence-electron chi connectivity index (χ3n) is 4.89. The highest BCUT2D eigenvalue weighted by atomic mass is 16.2. The van der Waals surface area contributed by atoms with Crippen LogP contribution in [0.2, 0.25) is 0 Å². The van der Waals surface area contributed by atoms with Gasteiger partial charge >= 0.3 is 0 Å². The van der Waals surface area contributed by atoms with Crippen LogP contribution in [-0.4, -0.2) is 34.4 Å². The molecule has 0 unspecified atom stereocenters. The van der Waals surface area contributed by atoms with E-state index in [0.717, 1.165) is 17.7 Å². The number of hydrogen-bond donors (Lipinski definition) is 1. The van der Waals surface area contributed by atoms with E-state index in [1.54, 1.807) is 24.1 Å². The number of aromatic nitrogens is 1. The highest BCUT2D eigenvalue weighted by Gasteiger charge is 2.25. The van der Waals surface area contributed by atoms with E-state index >= 15 is 0 Å². The third kappa shape index (κ3) is 5.57. The molecule has 0 saturated carbocycles. The number of carbonyl (C=O) groups excluding carboxylic acids is 2. The molecule has 0 saturated heterocycles. The largest absolute Gasteiger partial charge is 0.354 e. The zero-order valence-electron chi connectivity index (χ0n) is 16.9. The Kier molecular flexibility index (Phi) is 6.85. The molecule has 29 heavy (non-hydrogen) atoms. The summed E-state index contributed by atoms with van der Waals surface area (Å²) in [5.41, 5.74) is 2.61. The van der Waals surface area contributed by atoms with E-state index < -0.39 is 6.04 Å². The van der Waals surface area contributed by atoms with Crippen molar-refractivity contribution in [2.45, 2.75) is 32.5 Å². The third-order valence-corrected chi connectivity index (χ3v) is 4.89. The highest BCUT2D eigenvalue weighted by molar-refractivity contribution is 5.97. The maximum atomic E-state index is 13.2. The molecular weight excluding hydrogens is 362 g/mol. The molecule has 2 amide bonds. The number of nitrogens with zero attached hydrogens (tertiary/aromatic N) is 2. The fraction of sp³-hybridized carbons (Fsp3) is 0.250. The second-order valence-electron chi connectivity index (χ2n) is 7.13. The maximum absolute atomic E-state index is 13.2. The molecule has 150 valence electrons. The van der Waals surface area contributed by atoms with Gasteiger partial charge in [-0.1, -0.05) is 48.5 Å². The Morgan fingerprint density at radius 1 is 0.966 bits per heavy atom. The summed E-state index contributed by atoms with van der Waals surface area (Å²) in [7, 11) is 1.78. The highest BCUT2D eigenvalue weighted by Crippen LogP contribution is 2.11. The number of hydrogen-bond acceptors (Lipinski definition) is 2. The number of rotatable bonds is 8. The van der Waals surface area contributed by atoms with E-state index in [4.69, 9.17) is 0 Å². The standard InChI is InChI=1S/C24H27N3O2/c1-3-27-15-14-20(18-27)17-26(2)24(29)22(16-19-10-6-4-7-11-19)25-23(28)21-12-8-5-9-13-21/h4-15,18,22H,3,16-17H2,1-2H3,(H,25,28)/t22-/m0/s1. The van der Waals surface area contributed by atoms with Gasteiger partial charge in [-0.2, -0.15) is 0 Å². The molecule has 1 atom stereocenters. The zero-order valence-corrected chi connectivity index (χ0v) is 16.9. The van der Waals surface area contributed by atoms with E-state index in [2.05, 4.69) is 16.8 Å². The molecule has 1 heterocycles. The Labute approximate surface area is 172 Å². The van der Waals surface area contributed by atoms with Crippen molar-refractivity contribution >= 4 is 11.8 Å². The average Bonchev–Trinajstić information content (AvgIpc) is 3.21. The molecule has 2 aromatic carbocycles. The molecule has 0 radical (unpaired) electrons. The van der Waals surface area contributed by atoms with E-state index in [9.17, 15) is 9.59 Å². The van der Waals surface area contributed by atoms with Crippen molar-refractivity contribution in [3.05, 3.63) is 95.8 Å². The molecule has 0 fully saturated rings. The van der Waals surface area contributed by atoms with Crippen LogP contribution in [0.1, 0.15) is 28.4 Å². The smallest absolute Gasteiger partial charge is 0.251 e. The normalized spacial score (nSPS) is 11.7. The van der Waals surface area contributed by atoms with E-state index in [0.29, 0.717) is 18.5 Å². The lowest BCUT2D eigenvalue weighted by Crippen LogP contribution is -2.48. The van der Waals surface area contributed by atoms with Gasteiger partial charge in [-0.3, -0.25) is 9.59 Å². The zero-order chi connectivity index (χ0) is 20.6. The summed E-state index contributed by atoms with van der Waals surface area (Å²) < 4.78 is 2.08. The molecule has 3 rings (SSSR count). The first-order valence-electron chi connectivity index (χ1n) is 9.86. The van der Waals surface area contributed by atoms with Gasteiger partial charge in [0.25, 0.3) is 5.91 Å². The number of benzene rings is 2. The van der Waals surface area contributed by atoms with Gasteiger partial charge in [-0.05, 0) is 36.2 Å². The number of carbonyl (C=O) groups is 2. The van der Waals surface area contributed by atoms with Gasteiger partial charge in [-0.25, -0.2) is 0 Å². The number of likely N-dealkylation sites (N-methyl/N-ethyl adjacent to an activating group) is 1. The molecule has 1 aromatic heterocycles. The fourth-order valence-corrected chi connectivity index (χ4v) is 3.28. The topological polar surface area (TPSA) is 54.3 Å². The van der Waals surface area contributed by atoms with Crippen LogP contribution in [0.25, 0.3) is 0 Å². The van der Waals surface area contributed by atoms with Crippen molar-refractivity contribution in [1.29, 1.82) is 0 Å². The van der Waals surface area contributed by atoms with E-state index in [-0.39, 0.29) is 11.8 Å². The maximum Gasteiger partial charge on any atom is 0.251 e. The molecule has 0 spiro atoms. The minimum Gasteiger partial charge on any atom is -0.354 e. The van der Waals surface area contributed by atoms with Crippen LogP contribution in [0.3, 0.4) is 0 Å². The van der Waals surface area contributed by atoms with Crippen molar-refractivity contribution in [1.82, 2.24) is 14.8 Å². The quantitative estimate of drug-likeness (QED) is 0.641. The lowest BCUT2D eigenvalue weighted by atomic mass is 10.0. The molecule has 0 aliphatic heterocycles. The van der Waals surface area contributed by atoms with Crippen molar-refractivity contribution in [2.75, 3.05) is 7.05 Å². The van der Waals surface area contributed by atoms with Crippen LogP contribution in [-0.2, 0) is 24.3 Å². The molecule has 0 bridgehead atoms. The van der Waals surface area contributed by atoms with Crippen molar-refractivity contribution < 1.29 is 9.59 Å². The lowest BCUT2D eigenvalue weighted by Gasteiger charge is -2.25. The summed E-state index contributed by atoms with van der Waals surface area (Å²) in [6.07, 6.45) is 4.49. The first-order valence-corrected chi connectivity index (χ1v) is 9.86. The Balaban J connectivity index is 1.75. The lowest BCUT2D eigenvalue weighted by molar-refractivity contribution is -0.132. The molecule has 0 aliphatic rings. The van der Waals surface area contributed by atoms with Crippen LogP contribution in [0, 0.1) is 0 Å². The molecule has 5 nitrogen and oxygen atoms in total. The minimum atomic E-state index is -0.636. The van der Waals surface area contributed by atoms with Gasteiger partial charge in [0.2, 0.25) is 5.91 Å². The predicted molar refractivity (Wildman–Crippen MR) is 114 cm³/mol. The van der Waals surface area contributed by atoms with Gasteiger partial charge in [0.05, 0.1) is 0 Å². The monoisotopic (exact) mass is 389 g/mol. The number of aryl methyl sites for hydroxylation is 1. The first kappa shape index (κ1) is 20.4. The molecule has 1 N–H and O–H groups in total. The Hall–Kier alpha value is -3.34. The SMILES string of the molecule is CCn1ccc(CN(C)C(=O)[C@H](Cc2ccccc2)NC(=O)c2ccccc2)c1. The van der Waals surface area contributed by atoms with Crippen molar-refractivity contribution in [2.24, 2.45) is 0 Å². The Morgan fingerprint density at radius 3 is 2.24 bits per heavy atom. The predicted octanol–water partition coefficient (Wildman–Crippen LogP) is 3.51. The van der Waals surface area contributed by atoms with Crippen LogP contribution in [0.5, 0.6) is 0 Å². The van der Waals surface area contributed by atoms with Gasteiger partial charge in [0, 0.05) is 44.5 Å².